The highest BCUT2D eigenvalue weighted by molar-refractivity contribution is 5.35. The zero-order valence-electron chi connectivity index (χ0n) is 13.0. The molecule has 22 heavy (non-hydrogen) atoms. The van der Waals surface area contributed by atoms with E-state index < -0.39 is 0 Å². The van der Waals surface area contributed by atoms with Crippen LogP contribution in [0.3, 0.4) is 0 Å². The monoisotopic (exact) mass is 292 g/mol. The van der Waals surface area contributed by atoms with E-state index in [0.29, 0.717) is 0 Å². The fourth-order valence-corrected chi connectivity index (χ4v) is 2.67. The van der Waals surface area contributed by atoms with Crippen LogP contribution in [-0.4, -0.2) is 9.78 Å². The highest BCUT2D eigenvalue weighted by atomic mass is 16.1. The summed E-state index contributed by atoms with van der Waals surface area (Å²) in [5, 5.41) is 3.19. The molecule has 1 heterocycles. The Morgan fingerprint density at radius 2 is 1.59 bits per heavy atom. The molecule has 0 aliphatic heterocycles. The Morgan fingerprint density at radius 1 is 0.909 bits per heavy atom. The topological polar surface area (TPSA) is 37.8 Å². The first-order valence-electron chi connectivity index (χ1n) is 7.56. The summed E-state index contributed by atoms with van der Waals surface area (Å²) in [6, 6.07) is 18.2. The third kappa shape index (κ3) is 2.89. The Kier molecular flexibility index (Phi) is 3.96. The van der Waals surface area contributed by atoms with Crippen molar-refractivity contribution < 1.29 is 0 Å². The average molecular weight is 292 g/mol. The molecule has 0 spiro atoms. The minimum Gasteiger partial charge on any atom is -0.295 e. The van der Waals surface area contributed by atoms with Gasteiger partial charge in [0.1, 0.15) is 0 Å². The van der Waals surface area contributed by atoms with Gasteiger partial charge in [-0.3, -0.25) is 9.89 Å². The average Bonchev–Trinajstić information content (AvgIpc) is 2.82. The predicted octanol–water partition coefficient (Wildman–Crippen LogP) is 3.57. The van der Waals surface area contributed by atoms with Gasteiger partial charge in [-0.05, 0) is 44.4 Å². The van der Waals surface area contributed by atoms with Gasteiger partial charge in [0.05, 0.1) is 5.69 Å². The van der Waals surface area contributed by atoms with Gasteiger partial charge in [0.2, 0.25) is 0 Å². The number of nitrogens with zero attached hydrogens (tertiary/aromatic N) is 1. The van der Waals surface area contributed by atoms with Crippen molar-refractivity contribution in [2.45, 2.75) is 26.7 Å². The van der Waals surface area contributed by atoms with Crippen LogP contribution in [0.5, 0.6) is 0 Å². The van der Waals surface area contributed by atoms with Crippen LogP contribution in [-0.2, 0) is 12.8 Å². The van der Waals surface area contributed by atoms with Crippen molar-refractivity contribution in [2.75, 3.05) is 0 Å². The molecule has 1 N–H and O–H groups in total. The predicted molar refractivity (Wildman–Crippen MR) is 89.7 cm³/mol. The lowest BCUT2D eigenvalue weighted by Crippen LogP contribution is -2.17. The van der Waals surface area contributed by atoms with Crippen molar-refractivity contribution in [1.29, 1.82) is 0 Å². The van der Waals surface area contributed by atoms with E-state index in [2.05, 4.69) is 17.2 Å². The van der Waals surface area contributed by atoms with Gasteiger partial charge in [-0.15, -0.1) is 0 Å². The molecule has 0 aliphatic carbocycles. The number of aryl methyl sites for hydroxylation is 3. The van der Waals surface area contributed by atoms with Crippen molar-refractivity contribution in [3.8, 4) is 5.69 Å². The van der Waals surface area contributed by atoms with Crippen LogP contribution < -0.4 is 5.56 Å². The van der Waals surface area contributed by atoms with Crippen molar-refractivity contribution in [2.24, 2.45) is 0 Å². The van der Waals surface area contributed by atoms with Crippen LogP contribution >= 0.6 is 0 Å². The minimum absolute atomic E-state index is 0.0530. The molecule has 0 saturated heterocycles. The molecule has 0 saturated carbocycles. The summed E-state index contributed by atoms with van der Waals surface area (Å²) in [6.07, 6.45) is 1.63. The van der Waals surface area contributed by atoms with Crippen LogP contribution in [0.1, 0.15) is 22.4 Å². The van der Waals surface area contributed by atoms with E-state index in [4.69, 9.17) is 0 Å². The number of benzene rings is 2. The van der Waals surface area contributed by atoms with E-state index in [1.807, 2.05) is 56.3 Å². The standard InChI is InChI=1S/C19H20N2O/c1-14-8-11-17(12-9-14)21-19(22)18(15(2)20-21)13-10-16-6-4-3-5-7-16/h3-9,11-12,20H,10,13H2,1-2H3. The molecule has 0 fully saturated rings. The Morgan fingerprint density at radius 3 is 2.27 bits per heavy atom. The second kappa shape index (κ2) is 6.06. The van der Waals surface area contributed by atoms with Crippen LogP contribution in [0.4, 0.5) is 0 Å². The number of H-pyrrole nitrogens is 1. The Balaban J connectivity index is 1.87. The number of hydrogen-bond donors (Lipinski definition) is 1. The van der Waals surface area contributed by atoms with Gasteiger partial charge in [0.15, 0.2) is 0 Å². The van der Waals surface area contributed by atoms with Crippen molar-refractivity contribution in [3.05, 3.63) is 87.3 Å². The molecular formula is C19H20N2O. The fourth-order valence-electron chi connectivity index (χ4n) is 2.67. The van der Waals surface area contributed by atoms with Crippen molar-refractivity contribution in [1.82, 2.24) is 9.78 Å². The molecule has 3 heteroatoms. The maximum absolute atomic E-state index is 12.6. The van der Waals surface area contributed by atoms with Gasteiger partial charge in [0, 0.05) is 11.3 Å². The molecule has 3 aromatic rings. The number of aromatic nitrogens is 2. The van der Waals surface area contributed by atoms with Gasteiger partial charge in [-0.25, -0.2) is 4.68 Å². The molecule has 0 bridgehead atoms. The summed E-state index contributed by atoms with van der Waals surface area (Å²) < 4.78 is 1.63. The quantitative estimate of drug-likeness (QED) is 0.784. The first kappa shape index (κ1) is 14.4. The number of nitrogens with one attached hydrogen (secondary N) is 1. The lowest BCUT2D eigenvalue weighted by molar-refractivity contribution is 0.833. The lowest BCUT2D eigenvalue weighted by atomic mass is 10.1. The van der Waals surface area contributed by atoms with Gasteiger partial charge >= 0.3 is 0 Å². The molecular weight excluding hydrogens is 272 g/mol. The fraction of sp³-hybridized carbons (Fsp3) is 0.211. The molecule has 0 radical (unpaired) electrons. The van der Waals surface area contributed by atoms with E-state index >= 15 is 0 Å². The van der Waals surface area contributed by atoms with Gasteiger partial charge in [0.25, 0.3) is 5.56 Å². The van der Waals surface area contributed by atoms with Crippen molar-refractivity contribution in [3.63, 3.8) is 0 Å². The first-order chi connectivity index (χ1) is 10.6. The Hall–Kier alpha value is -2.55. The summed E-state index contributed by atoms with van der Waals surface area (Å²) in [5.41, 5.74) is 5.18. The van der Waals surface area contributed by atoms with Crippen LogP contribution in [0.2, 0.25) is 0 Å². The maximum Gasteiger partial charge on any atom is 0.274 e. The zero-order chi connectivity index (χ0) is 15.5. The third-order valence-corrected chi connectivity index (χ3v) is 3.99. The normalized spacial score (nSPS) is 10.8. The largest absolute Gasteiger partial charge is 0.295 e. The molecule has 2 aromatic carbocycles. The Bertz CT molecular complexity index is 811. The maximum atomic E-state index is 12.6. The van der Waals surface area contributed by atoms with Crippen LogP contribution in [0.25, 0.3) is 5.69 Å². The minimum atomic E-state index is 0.0530. The molecule has 0 amide bonds. The smallest absolute Gasteiger partial charge is 0.274 e. The molecule has 0 unspecified atom stereocenters. The molecule has 1 aromatic heterocycles. The van der Waals surface area contributed by atoms with Crippen LogP contribution in [0, 0.1) is 13.8 Å². The second-order valence-corrected chi connectivity index (χ2v) is 5.68. The molecule has 112 valence electrons. The first-order valence-corrected chi connectivity index (χ1v) is 7.56. The number of rotatable bonds is 4. The van der Waals surface area contributed by atoms with E-state index in [1.54, 1.807) is 4.68 Å². The molecule has 3 rings (SSSR count). The summed E-state index contributed by atoms with van der Waals surface area (Å²) in [6.45, 7) is 4.00. The molecule has 3 nitrogen and oxygen atoms in total. The number of aromatic amines is 1. The van der Waals surface area contributed by atoms with Gasteiger partial charge in [-0.1, -0.05) is 48.0 Å². The molecule has 0 aliphatic rings. The van der Waals surface area contributed by atoms with Gasteiger partial charge in [-0.2, -0.15) is 0 Å². The summed E-state index contributed by atoms with van der Waals surface area (Å²) in [7, 11) is 0. The highest BCUT2D eigenvalue weighted by Gasteiger charge is 2.12. The van der Waals surface area contributed by atoms with Crippen LogP contribution in [0.15, 0.2) is 59.4 Å². The van der Waals surface area contributed by atoms with E-state index in [9.17, 15) is 4.79 Å². The zero-order valence-corrected chi connectivity index (χ0v) is 13.0. The third-order valence-electron chi connectivity index (χ3n) is 3.99. The Labute approximate surface area is 130 Å². The lowest BCUT2D eigenvalue weighted by Gasteiger charge is -2.01. The highest BCUT2D eigenvalue weighted by Crippen LogP contribution is 2.11. The van der Waals surface area contributed by atoms with E-state index in [-0.39, 0.29) is 5.56 Å². The van der Waals surface area contributed by atoms with E-state index in [0.717, 1.165) is 29.8 Å². The SMILES string of the molecule is Cc1ccc(-n2[nH]c(C)c(CCc3ccccc3)c2=O)cc1. The number of hydrogen-bond acceptors (Lipinski definition) is 1. The summed E-state index contributed by atoms with van der Waals surface area (Å²) in [5.74, 6) is 0. The second-order valence-electron chi connectivity index (χ2n) is 5.68. The summed E-state index contributed by atoms with van der Waals surface area (Å²) >= 11 is 0. The molecule has 0 atom stereocenters. The van der Waals surface area contributed by atoms with Gasteiger partial charge < -0.3 is 0 Å². The summed E-state index contributed by atoms with van der Waals surface area (Å²) in [4.78, 5) is 12.6. The van der Waals surface area contributed by atoms with Crippen molar-refractivity contribution >= 4 is 0 Å². The van der Waals surface area contributed by atoms with E-state index in [1.165, 1.54) is 11.1 Å².